The zero-order valence-corrected chi connectivity index (χ0v) is 15.3. The van der Waals surface area contributed by atoms with E-state index in [0.29, 0.717) is 24.8 Å². The second-order valence-electron chi connectivity index (χ2n) is 8.06. The molecule has 1 saturated heterocycles. The van der Waals surface area contributed by atoms with Gasteiger partial charge in [-0.1, -0.05) is 31.9 Å². The summed E-state index contributed by atoms with van der Waals surface area (Å²) in [5.41, 5.74) is 1.15. The monoisotopic (exact) mass is 346 g/mol. The number of carbonyl (C=O) groups is 1. The zero-order chi connectivity index (χ0) is 17.7. The van der Waals surface area contributed by atoms with Crippen molar-refractivity contribution < 1.29 is 9.18 Å². The maximum Gasteiger partial charge on any atom is 0.220 e. The molecule has 3 rings (SSSR count). The third kappa shape index (κ3) is 4.60. The van der Waals surface area contributed by atoms with Gasteiger partial charge in [-0.3, -0.25) is 4.79 Å². The Balaban J connectivity index is 1.56. The molecule has 1 aliphatic carbocycles. The molecule has 1 aliphatic heterocycles. The van der Waals surface area contributed by atoms with Gasteiger partial charge in [-0.25, -0.2) is 4.39 Å². The van der Waals surface area contributed by atoms with E-state index in [1.54, 1.807) is 0 Å². The summed E-state index contributed by atoms with van der Waals surface area (Å²) in [6.07, 6.45) is 7.54. The fraction of sp³-hybridized carbons (Fsp3) is 0.667. The van der Waals surface area contributed by atoms with Crippen molar-refractivity contribution in [2.45, 2.75) is 57.3 Å². The Morgan fingerprint density at radius 1 is 1.28 bits per heavy atom. The first-order valence-electron chi connectivity index (χ1n) is 9.82. The second kappa shape index (κ2) is 8.31. The van der Waals surface area contributed by atoms with Crippen LogP contribution in [0.1, 0.15) is 57.4 Å². The van der Waals surface area contributed by atoms with Crippen molar-refractivity contribution in [1.29, 1.82) is 0 Å². The third-order valence-electron chi connectivity index (χ3n) is 6.29. The van der Waals surface area contributed by atoms with E-state index in [0.717, 1.165) is 31.5 Å². The predicted octanol–water partition coefficient (Wildman–Crippen LogP) is 3.78. The van der Waals surface area contributed by atoms with E-state index in [9.17, 15) is 9.18 Å². The van der Waals surface area contributed by atoms with Crippen LogP contribution in [-0.2, 0) is 10.2 Å². The summed E-state index contributed by atoms with van der Waals surface area (Å²) >= 11 is 0. The molecule has 1 aromatic rings. The fourth-order valence-electron chi connectivity index (χ4n) is 4.59. The Kier molecular flexibility index (Phi) is 6.10. The van der Waals surface area contributed by atoms with Crippen molar-refractivity contribution in [3.8, 4) is 0 Å². The molecular weight excluding hydrogens is 315 g/mol. The first-order valence-corrected chi connectivity index (χ1v) is 9.82. The lowest BCUT2D eigenvalue weighted by Crippen LogP contribution is -2.40. The number of rotatable bonds is 6. The van der Waals surface area contributed by atoms with Gasteiger partial charge >= 0.3 is 0 Å². The standard InChI is InChI=1S/C21H31FN2O/c1-16(17-5-4-12-23-14-17)13-20(25)24-15-21(10-2-3-11-21)18-6-8-19(22)9-7-18/h6-9,16-17,23H,2-5,10-15H2,1H3,(H,24,25). The molecule has 2 atom stereocenters. The quantitative estimate of drug-likeness (QED) is 0.823. The van der Waals surface area contributed by atoms with E-state index < -0.39 is 0 Å². The Bertz CT molecular complexity index is 560. The molecule has 2 unspecified atom stereocenters. The third-order valence-corrected chi connectivity index (χ3v) is 6.29. The molecule has 0 bridgehead atoms. The van der Waals surface area contributed by atoms with Crippen LogP contribution in [0.15, 0.2) is 24.3 Å². The van der Waals surface area contributed by atoms with Gasteiger partial charge in [0.15, 0.2) is 0 Å². The summed E-state index contributed by atoms with van der Waals surface area (Å²) in [6, 6.07) is 6.86. The Labute approximate surface area is 150 Å². The normalized spacial score (nSPS) is 24.0. The summed E-state index contributed by atoms with van der Waals surface area (Å²) in [6.45, 7) is 5.01. The summed E-state index contributed by atoms with van der Waals surface area (Å²) in [5, 5.41) is 6.63. The molecule has 0 radical (unpaired) electrons. The highest BCUT2D eigenvalue weighted by Crippen LogP contribution is 2.40. The minimum Gasteiger partial charge on any atom is -0.355 e. The summed E-state index contributed by atoms with van der Waals surface area (Å²) in [5.74, 6) is 0.984. The van der Waals surface area contributed by atoms with Crippen molar-refractivity contribution in [2.75, 3.05) is 19.6 Å². The molecule has 138 valence electrons. The van der Waals surface area contributed by atoms with Gasteiger partial charge in [-0.15, -0.1) is 0 Å². The van der Waals surface area contributed by atoms with E-state index in [1.165, 1.54) is 37.8 Å². The van der Waals surface area contributed by atoms with E-state index in [1.807, 2.05) is 12.1 Å². The van der Waals surface area contributed by atoms with Crippen molar-refractivity contribution in [1.82, 2.24) is 10.6 Å². The number of halogens is 1. The van der Waals surface area contributed by atoms with E-state index in [-0.39, 0.29) is 17.1 Å². The molecule has 25 heavy (non-hydrogen) atoms. The molecule has 4 heteroatoms. The molecular formula is C21H31FN2O. The lowest BCUT2D eigenvalue weighted by molar-refractivity contribution is -0.122. The number of amides is 1. The van der Waals surface area contributed by atoms with Gasteiger partial charge in [0.25, 0.3) is 0 Å². The van der Waals surface area contributed by atoms with Crippen LogP contribution >= 0.6 is 0 Å². The summed E-state index contributed by atoms with van der Waals surface area (Å²) in [7, 11) is 0. The van der Waals surface area contributed by atoms with Crippen molar-refractivity contribution in [3.63, 3.8) is 0 Å². The van der Waals surface area contributed by atoms with Crippen LogP contribution in [-0.4, -0.2) is 25.5 Å². The summed E-state index contributed by atoms with van der Waals surface area (Å²) < 4.78 is 13.3. The number of nitrogens with one attached hydrogen (secondary N) is 2. The van der Waals surface area contributed by atoms with Crippen molar-refractivity contribution in [2.24, 2.45) is 11.8 Å². The summed E-state index contributed by atoms with van der Waals surface area (Å²) in [4.78, 5) is 12.5. The second-order valence-corrected chi connectivity index (χ2v) is 8.06. The van der Waals surface area contributed by atoms with Gasteiger partial charge in [0.05, 0.1) is 0 Å². The molecule has 1 aromatic carbocycles. The lowest BCUT2D eigenvalue weighted by atomic mass is 9.78. The van der Waals surface area contributed by atoms with Gasteiger partial charge in [0, 0.05) is 18.4 Å². The van der Waals surface area contributed by atoms with Crippen LogP contribution in [0.2, 0.25) is 0 Å². The molecule has 0 aromatic heterocycles. The molecule has 3 nitrogen and oxygen atoms in total. The maximum atomic E-state index is 13.3. The molecule has 1 saturated carbocycles. The maximum absolute atomic E-state index is 13.3. The van der Waals surface area contributed by atoms with Crippen molar-refractivity contribution in [3.05, 3.63) is 35.6 Å². The number of hydrogen-bond acceptors (Lipinski definition) is 2. The topological polar surface area (TPSA) is 41.1 Å². The predicted molar refractivity (Wildman–Crippen MR) is 98.9 cm³/mol. The highest BCUT2D eigenvalue weighted by atomic mass is 19.1. The first-order chi connectivity index (χ1) is 12.1. The molecule has 2 N–H and O–H groups in total. The van der Waals surface area contributed by atoms with Gasteiger partial charge < -0.3 is 10.6 Å². The van der Waals surface area contributed by atoms with Crippen LogP contribution < -0.4 is 10.6 Å². The minimum absolute atomic E-state index is 0.0149. The van der Waals surface area contributed by atoms with Crippen LogP contribution in [0.25, 0.3) is 0 Å². The van der Waals surface area contributed by atoms with Crippen LogP contribution in [0.5, 0.6) is 0 Å². The van der Waals surface area contributed by atoms with Gasteiger partial charge in [0.1, 0.15) is 5.82 Å². The Hall–Kier alpha value is -1.42. The number of benzene rings is 1. The smallest absolute Gasteiger partial charge is 0.220 e. The average molecular weight is 346 g/mol. The Morgan fingerprint density at radius 3 is 2.64 bits per heavy atom. The SMILES string of the molecule is CC(CC(=O)NCC1(c2ccc(F)cc2)CCCC1)C1CCCNC1. The highest BCUT2D eigenvalue weighted by molar-refractivity contribution is 5.76. The number of hydrogen-bond donors (Lipinski definition) is 2. The number of carbonyl (C=O) groups excluding carboxylic acids is 1. The molecule has 0 spiro atoms. The zero-order valence-electron chi connectivity index (χ0n) is 15.3. The molecule has 2 fully saturated rings. The van der Waals surface area contributed by atoms with Gasteiger partial charge in [-0.2, -0.15) is 0 Å². The van der Waals surface area contributed by atoms with Crippen molar-refractivity contribution >= 4 is 5.91 Å². The number of piperidine rings is 1. The molecule has 2 aliphatic rings. The van der Waals surface area contributed by atoms with Crippen LogP contribution in [0.3, 0.4) is 0 Å². The van der Waals surface area contributed by atoms with E-state index in [4.69, 9.17) is 0 Å². The lowest BCUT2D eigenvalue weighted by Gasteiger charge is -2.31. The largest absolute Gasteiger partial charge is 0.355 e. The first kappa shape index (κ1) is 18.4. The van der Waals surface area contributed by atoms with Crippen LogP contribution in [0, 0.1) is 17.7 Å². The fourth-order valence-corrected chi connectivity index (χ4v) is 4.59. The molecule has 1 heterocycles. The van der Waals surface area contributed by atoms with E-state index in [2.05, 4.69) is 17.6 Å². The molecule has 1 amide bonds. The van der Waals surface area contributed by atoms with Crippen LogP contribution in [0.4, 0.5) is 4.39 Å². The highest BCUT2D eigenvalue weighted by Gasteiger charge is 2.36. The minimum atomic E-state index is -0.198. The average Bonchev–Trinajstić information content (AvgIpc) is 3.11. The van der Waals surface area contributed by atoms with E-state index >= 15 is 0 Å². The Morgan fingerprint density at radius 2 is 2.00 bits per heavy atom. The van der Waals surface area contributed by atoms with Gasteiger partial charge in [0.2, 0.25) is 5.91 Å². The van der Waals surface area contributed by atoms with Gasteiger partial charge in [-0.05, 0) is 68.3 Å².